The van der Waals surface area contributed by atoms with Crippen LogP contribution >= 0.6 is 0 Å². The molecule has 22 rings (SSSR count). The minimum absolute atomic E-state index is 0.0718. The number of para-hydroxylation sites is 4. The molecule has 0 radical (unpaired) electrons. The van der Waals surface area contributed by atoms with Crippen molar-refractivity contribution in [2.45, 2.75) is 38.5 Å². The smallest absolute Gasteiger partial charge is 0.0547 e. The lowest BCUT2D eigenvalue weighted by Gasteiger charge is -2.22. The molecule has 0 atom stereocenters. The van der Waals surface area contributed by atoms with Crippen LogP contribution in [-0.4, -0.2) is 18.3 Å². The van der Waals surface area contributed by atoms with Crippen molar-refractivity contribution in [3.05, 3.63) is 386 Å². The van der Waals surface area contributed by atoms with Gasteiger partial charge in [0.25, 0.3) is 0 Å². The summed E-state index contributed by atoms with van der Waals surface area (Å²) in [4.78, 5) is 0. The van der Waals surface area contributed by atoms with Crippen molar-refractivity contribution in [1.29, 1.82) is 0 Å². The van der Waals surface area contributed by atoms with E-state index in [0.29, 0.717) is 0 Å². The second-order valence-corrected chi connectivity index (χ2v) is 29.8. The van der Waals surface area contributed by atoms with Gasteiger partial charge in [0.1, 0.15) is 0 Å². The van der Waals surface area contributed by atoms with Gasteiger partial charge < -0.3 is 18.3 Å². The highest BCUT2D eigenvalue weighted by Crippen LogP contribution is 2.54. The molecule has 4 nitrogen and oxygen atoms in total. The van der Waals surface area contributed by atoms with Crippen LogP contribution in [0, 0.1) is 0 Å². The van der Waals surface area contributed by atoms with E-state index in [2.05, 4.69) is 410 Å². The van der Waals surface area contributed by atoms with Crippen LogP contribution in [0.2, 0.25) is 0 Å². The van der Waals surface area contributed by atoms with Crippen LogP contribution in [0.5, 0.6) is 0 Å². The Hall–Kier alpha value is -13.3. The average molecular weight is 1350 g/mol. The van der Waals surface area contributed by atoms with E-state index in [4.69, 9.17) is 0 Å². The molecule has 4 heterocycles. The van der Waals surface area contributed by atoms with Gasteiger partial charge >= 0.3 is 0 Å². The van der Waals surface area contributed by atoms with E-state index in [1.165, 1.54) is 188 Å². The van der Waals surface area contributed by atoms with Gasteiger partial charge in [-0.1, -0.05) is 301 Å². The number of fused-ring (bicyclic) bond motifs is 18. The Morgan fingerprint density at radius 2 is 0.481 bits per heavy atom. The lowest BCUT2D eigenvalue weighted by atomic mass is 9.82. The summed E-state index contributed by atoms with van der Waals surface area (Å²) in [6.07, 6.45) is 0. The fraction of sp³-hybridized carbons (Fsp3) is 0.0588. The van der Waals surface area contributed by atoms with E-state index in [0.717, 1.165) is 11.4 Å². The second kappa shape index (κ2) is 23.6. The van der Waals surface area contributed by atoms with Crippen LogP contribution in [-0.2, 0) is 10.8 Å². The molecule has 0 bridgehead atoms. The van der Waals surface area contributed by atoms with Crippen LogP contribution in [0.4, 0.5) is 0 Å². The maximum Gasteiger partial charge on any atom is 0.0547 e. The normalized spacial score (nSPS) is 13.2. The summed E-state index contributed by atoms with van der Waals surface area (Å²) in [7, 11) is 0. The maximum absolute atomic E-state index is 2.52. The van der Waals surface area contributed by atoms with Crippen molar-refractivity contribution in [1.82, 2.24) is 18.3 Å². The minimum atomic E-state index is -0.0718. The third-order valence-electron chi connectivity index (χ3n) is 23.5. The van der Waals surface area contributed by atoms with Crippen LogP contribution in [0.1, 0.15) is 49.9 Å². The number of aromatic nitrogens is 4. The molecule has 20 aromatic rings. The molecule has 16 aromatic carbocycles. The molecule has 4 aromatic heterocycles. The highest BCUT2D eigenvalue weighted by atomic mass is 15.0. The molecule has 2 aliphatic carbocycles. The topological polar surface area (TPSA) is 19.7 Å². The highest BCUT2D eigenvalue weighted by molar-refractivity contribution is 6.24. The van der Waals surface area contributed by atoms with E-state index >= 15 is 0 Å². The highest BCUT2D eigenvalue weighted by Gasteiger charge is 2.38. The SMILES string of the molecule is CC1(C)c2ccccc2-c2c(-n3c4ccccc4c4c(-c5cccc6c5c5ccccc5n6-c5ccc(-c6ccccc6)cc5)cccc43)cccc21.CC1(C)c2ccccc2-c2ccc(-n3c4ccccc4c4c(-c5cccc6c5c5ccccc5n6-c5ccc(-c6ccccc6)cc5)cccc43)cc21. The fourth-order valence-corrected chi connectivity index (χ4v) is 18.7. The summed E-state index contributed by atoms with van der Waals surface area (Å²) < 4.78 is 9.85. The third kappa shape index (κ3) is 9.07. The molecule has 0 saturated heterocycles. The van der Waals surface area contributed by atoms with Gasteiger partial charge in [-0.25, -0.2) is 0 Å². The zero-order valence-corrected chi connectivity index (χ0v) is 59.4. The van der Waals surface area contributed by atoms with E-state index < -0.39 is 0 Å². The van der Waals surface area contributed by atoms with Gasteiger partial charge in [0.2, 0.25) is 0 Å². The lowest BCUT2D eigenvalue weighted by Crippen LogP contribution is -2.15. The first kappa shape index (κ1) is 61.4. The van der Waals surface area contributed by atoms with E-state index in [-0.39, 0.29) is 10.8 Å². The molecule has 4 heteroatoms. The zero-order valence-electron chi connectivity index (χ0n) is 59.4. The molecule has 0 aliphatic heterocycles. The molecule has 106 heavy (non-hydrogen) atoms. The van der Waals surface area contributed by atoms with Crippen molar-refractivity contribution in [2.75, 3.05) is 0 Å². The molecule has 0 unspecified atom stereocenters. The Morgan fingerprint density at radius 1 is 0.189 bits per heavy atom. The van der Waals surface area contributed by atoms with Gasteiger partial charge in [-0.05, 0) is 174 Å². The maximum atomic E-state index is 2.52. The molecule has 0 fully saturated rings. The number of nitrogens with zero attached hydrogens (tertiary/aromatic N) is 4. The van der Waals surface area contributed by atoms with Gasteiger partial charge in [0.05, 0.1) is 49.8 Å². The van der Waals surface area contributed by atoms with E-state index in [1.54, 1.807) is 0 Å². The number of hydrogen-bond donors (Lipinski definition) is 0. The summed E-state index contributed by atoms with van der Waals surface area (Å²) >= 11 is 0. The Morgan fingerprint density at radius 3 is 0.934 bits per heavy atom. The van der Waals surface area contributed by atoms with Gasteiger partial charge in [0, 0.05) is 76.5 Å². The number of benzene rings is 16. The molecule has 0 N–H and O–H groups in total. The lowest BCUT2D eigenvalue weighted by molar-refractivity contribution is 0.660. The molecule has 0 amide bonds. The van der Waals surface area contributed by atoms with Crippen LogP contribution in [0.3, 0.4) is 0 Å². The first-order valence-electron chi connectivity index (χ1n) is 37.1. The second-order valence-electron chi connectivity index (χ2n) is 29.8. The quantitative estimate of drug-likeness (QED) is 0.144. The Labute approximate surface area is 615 Å². The van der Waals surface area contributed by atoms with Crippen molar-refractivity contribution in [3.63, 3.8) is 0 Å². The summed E-state index contributed by atoms with van der Waals surface area (Å²) in [5, 5.41) is 10.1. The Balaban J connectivity index is 0.000000136. The molecular weight excluding hydrogens is 1280 g/mol. The summed E-state index contributed by atoms with van der Waals surface area (Å²) in [6, 6.07) is 134. The average Bonchev–Trinajstić information content (AvgIpc) is 1.56. The van der Waals surface area contributed by atoms with Crippen LogP contribution in [0.15, 0.2) is 364 Å². The number of hydrogen-bond acceptors (Lipinski definition) is 0. The predicted octanol–water partition coefficient (Wildman–Crippen LogP) is 27.0. The Kier molecular flexibility index (Phi) is 13.7. The largest absolute Gasteiger partial charge is 0.309 e. The minimum Gasteiger partial charge on any atom is -0.309 e. The van der Waals surface area contributed by atoms with Crippen molar-refractivity contribution in [2.24, 2.45) is 0 Å². The van der Waals surface area contributed by atoms with Gasteiger partial charge in [-0.15, -0.1) is 0 Å². The molecule has 2 aliphatic rings. The fourth-order valence-electron chi connectivity index (χ4n) is 18.7. The van der Waals surface area contributed by atoms with Crippen LogP contribution < -0.4 is 0 Å². The summed E-state index contributed by atoms with van der Waals surface area (Å²) in [6.45, 7) is 9.45. The first-order chi connectivity index (χ1) is 52.2. The first-order valence-corrected chi connectivity index (χ1v) is 37.1. The van der Waals surface area contributed by atoms with Crippen molar-refractivity contribution >= 4 is 87.2 Å². The molecular formula is C102H72N4. The predicted molar refractivity (Wildman–Crippen MR) is 447 cm³/mol. The van der Waals surface area contributed by atoms with Crippen LogP contribution in [0.25, 0.3) is 177 Å². The third-order valence-corrected chi connectivity index (χ3v) is 23.5. The molecule has 0 saturated carbocycles. The van der Waals surface area contributed by atoms with Crippen molar-refractivity contribution < 1.29 is 0 Å². The molecule has 0 spiro atoms. The Bertz CT molecular complexity index is 6970. The van der Waals surface area contributed by atoms with E-state index in [1.807, 2.05) is 0 Å². The summed E-state index contributed by atoms with van der Waals surface area (Å²) in [5.41, 5.74) is 35.1. The van der Waals surface area contributed by atoms with E-state index in [9.17, 15) is 0 Å². The van der Waals surface area contributed by atoms with Gasteiger partial charge in [-0.2, -0.15) is 0 Å². The zero-order chi connectivity index (χ0) is 70.5. The number of rotatable bonds is 8. The van der Waals surface area contributed by atoms with Crippen molar-refractivity contribution in [3.8, 4) is 89.5 Å². The molecule has 500 valence electrons. The van der Waals surface area contributed by atoms with Gasteiger partial charge in [-0.3, -0.25) is 0 Å². The monoisotopic (exact) mass is 1350 g/mol. The van der Waals surface area contributed by atoms with Gasteiger partial charge in [0.15, 0.2) is 0 Å². The standard InChI is InChI=1S/2C51H36N2/c1-51(2)41-22-9-6-17-38(41)50-42(51)23-14-28-47(50)53-44-25-11-8-19-40(44)49-37(21-13-27-46(49)53)36-20-12-26-45-48(36)39-18-7-10-24-43(39)52(45)35-31-29-34(30-32-35)33-15-4-3-5-16-33;1-51(2)43-21-9-6-16-37(43)38-31-30-36(32-44(38)51)53-46-23-11-8-18-42(46)50-40(20-13-25-48(50)53)39-19-12-24-47-49(39)41-17-7-10-22-45(41)52(47)35-28-26-34(27-29-35)33-14-4-3-5-15-33/h2*3-32H,1-2H3. The summed E-state index contributed by atoms with van der Waals surface area (Å²) in [5.74, 6) is 0.